The van der Waals surface area contributed by atoms with Crippen molar-refractivity contribution in [1.82, 2.24) is 10.3 Å². The van der Waals surface area contributed by atoms with Crippen LogP contribution in [0.1, 0.15) is 34.9 Å². The van der Waals surface area contributed by atoms with Crippen LogP contribution in [-0.2, 0) is 25.9 Å². The molecule has 1 aromatic heterocycles. The first kappa shape index (κ1) is 13.2. The average molecular weight is 260 g/mol. The first-order chi connectivity index (χ1) is 8.81. The van der Waals surface area contributed by atoms with E-state index < -0.39 is 0 Å². The van der Waals surface area contributed by atoms with E-state index in [2.05, 4.69) is 48.4 Å². The lowest BCUT2D eigenvalue weighted by molar-refractivity contribution is 0.700. The lowest BCUT2D eigenvalue weighted by Crippen LogP contribution is -2.11. The molecule has 1 aromatic carbocycles. The Balaban J connectivity index is 1.80. The Kier molecular flexibility index (Phi) is 4.90. The van der Waals surface area contributed by atoms with Crippen molar-refractivity contribution in [3.8, 4) is 0 Å². The van der Waals surface area contributed by atoms with Crippen molar-refractivity contribution in [2.75, 3.05) is 0 Å². The van der Waals surface area contributed by atoms with Gasteiger partial charge in [-0.25, -0.2) is 4.98 Å². The molecule has 96 valence electrons. The third-order valence-corrected chi connectivity index (χ3v) is 4.11. The van der Waals surface area contributed by atoms with E-state index in [-0.39, 0.29) is 0 Å². The Morgan fingerprint density at radius 3 is 2.33 bits per heavy atom. The maximum Gasteiger partial charge on any atom is 0.0925 e. The summed E-state index contributed by atoms with van der Waals surface area (Å²) in [6.07, 6.45) is 4.12. The first-order valence-electron chi connectivity index (χ1n) is 6.54. The van der Waals surface area contributed by atoms with Gasteiger partial charge in [0, 0.05) is 24.2 Å². The molecule has 0 aliphatic heterocycles. The third kappa shape index (κ3) is 3.65. The molecule has 1 N–H and O–H groups in total. The van der Waals surface area contributed by atoms with Crippen LogP contribution < -0.4 is 5.32 Å². The monoisotopic (exact) mass is 260 g/mol. The molecule has 0 saturated carbocycles. The van der Waals surface area contributed by atoms with Gasteiger partial charge in [0.05, 0.1) is 5.01 Å². The fraction of sp³-hybridized carbons (Fsp3) is 0.400. The number of nitrogens with zero attached hydrogens (tertiary/aromatic N) is 1. The van der Waals surface area contributed by atoms with Gasteiger partial charge in [-0.3, -0.25) is 0 Å². The highest BCUT2D eigenvalue weighted by molar-refractivity contribution is 7.11. The van der Waals surface area contributed by atoms with Crippen LogP contribution in [-0.4, -0.2) is 4.98 Å². The van der Waals surface area contributed by atoms with Crippen molar-refractivity contribution in [2.45, 2.75) is 39.8 Å². The van der Waals surface area contributed by atoms with Crippen molar-refractivity contribution < 1.29 is 0 Å². The van der Waals surface area contributed by atoms with Crippen LogP contribution >= 0.6 is 11.3 Å². The van der Waals surface area contributed by atoms with E-state index in [9.17, 15) is 0 Å². The fourth-order valence-electron chi connectivity index (χ4n) is 1.82. The number of aryl methyl sites for hydroxylation is 2. The lowest BCUT2D eigenvalue weighted by atomic mass is 10.1. The molecule has 0 saturated heterocycles. The zero-order valence-corrected chi connectivity index (χ0v) is 11.9. The van der Waals surface area contributed by atoms with Crippen molar-refractivity contribution in [3.63, 3.8) is 0 Å². The summed E-state index contributed by atoms with van der Waals surface area (Å²) in [7, 11) is 0. The molecule has 0 bridgehead atoms. The Bertz CT molecular complexity index is 473. The van der Waals surface area contributed by atoms with Gasteiger partial charge in [-0.2, -0.15) is 0 Å². The number of nitrogens with one attached hydrogen (secondary N) is 1. The number of aromatic nitrogens is 1. The second-order valence-electron chi connectivity index (χ2n) is 4.35. The van der Waals surface area contributed by atoms with E-state index >= 15 is 0 Å². The summed E-state index contributed by atoms with van der Waals surface area (Å²) < 4.78 is 0. The second kappa shape index (κ2) is 6.66. The number of hydrogen-bond donors (Lipinski definition) is 1. The molecule has 0 radical (unpaired) electrons. The highest BCUT2D eigenvalue weighted by Gasteiger charge is 2.00. The summed E-state index contributed by atoms with van der Waals surface area (Å²) in [5.41, 5.74) is 2.74. The van der Waals surface area contributed by atoms with Gasteiger partial charge in [-0.05, 0) is 24.0 Å². The molecule has 18 heavy (non-hydrogen) atoms. The van der Waals surface area contributed by atoms with E-state index in [1.807, 2.05) is 6.20 Å². The van der Waals surface area contributed by atoms with Gasteiger partial charge in [0.2, 0.25) is 0 Å². The summed E-state index contributed by atoms with van der Waals surface area (Å²) in [6, 6.07) is 8.82. The second-order valence-corrected chi connectivity index (χ2v) is 5.55. The predicted octanol–water partition coefficient (Wildman–Crippen LogP) is 3.56. The fourth-order valence-corrected chi connectivity index (χ4v) is 2.65. The molecule has 2 aromatic rings. The van der Waals surface area contributed by atoms with Crippen LogP contribution in [0.5, 0.6) is 0 Å². The molecule has 0 atom stereocenters. The van der Waals surface area contributed by atoms with E-state index in [1.165, 1.54) is 21.0 Å². The molecule has 0 amide bonds. The highest BCUT2D eigenvalue weighted by Crippen LogP contribution is 2.13. The van der Waals surface area contributed by atoms with Gasteiger partial charge in [-0.1, -0.05) is 38.1 Å². The standard InChI is InChI=1S/C15H20N2S/c1-3-12-5-7-13(8-6-12)9-16-10-14-11-17-15(4-2)18-14/h5-8,11,16H,3-4,9-10H2,1-2H3. The zero-order chi connectivity index (χ0) is 12.8. The number of thiazole rings is 1. The largest absolute Gasteiger partial charge is 0.308 e. The van der Waals surface area contributed by atoms with Gasteiger partial charge in [-0.15, -0.1) is 11.3 Å². The van der Waals surface area contributed by atoms with Gasteiger partial charge < -0.3 is 5.32 Å². The summed E-state index contributed by atoms with van der Waals surface area (Å²) >= 11 is 1.80. The molecule has 0 fully saturated rings. The molecular formula is C15H20N2S. The summed E-state index contributed by atoms with van der Waals surface area (Å²) in [5, 5.41) is 4.68. The van der Waals surface area contributed by atoms with E-state index in [0.717, 1.165) is 25.9 Å². The SMILES string of the molecule is CCc1ccc(CNCc2cnc(CC)s2)cc1. The normalized spacial score (nSPS) is 10.8. The minimum absolute atomic E-state index is 0.910. The summed E-state index contributed by atoms with van der Waals surface area (Å²) in [5.74, 6) is 0. The quantitative estimate of drug-likeness (QED) is 0.859. The van der Waals surface area contributed by atoms with Crippen LogP contribution in [0.2, 0.25) is 0 Å². The smallest absolute Gasteiger partial charge is 0.0925 e. The van der Waals surface area contributed by atoms with Crippen LogP contribution in [0, 0.1) is 0 Å². The topological polar surface area (TPSA) is 24.9 Å². The van der Waals surface area contributed by atoms with Crippen LogP contribution in [0.15, 0.2) is 30.5 Å². The Morgan fingerprint density at radius 1 is 1.00 bits per heavy atom. The van der Waals surface area contributed by atoms with Crippen molar-refractivity contribution in [2.24, 2.45) is 0 Å². The Morgan fingerprint density at radius 2 is 1.72 bits per heavy atom. The summed E-state index contributed by atoms with van der Waals surface area (Å²) in [6.45, 7) is 6.16. The molecule has 0 unspecified atom stereocenters. The van der Waals surface area contributed by atoms with Crippen LogP contribution in [0.4, 0.5) is 0 Å². The molecule has 0 aliphatic carbocycles. The van der Waals surface area contributed by atoms with Crippen molar-refractivity contribution in [3.05, 3.63) is 51.5 Å². The predicted molar refractivity (Wildman–Crippen MR) is 77.9 cm³/mol. The molecule has 0 aliphatic rings. The van der Waals surface area contributed by atoms with Crippen LogP contribution in [0.25, 0.3) is 0 Å². The molecule has 2 nitrogen and oxygen atoms in total. The Hall–Kier alpha value is -1.19. The summed E-state index contributed by atoms with van der Waals surface area (Å²) in [4.78, 5) is 5.68. The lowest BCUT2D eigenvalue weighted by Gasteiger charge is -2.04. The molecule has 2 rings (SSSR count). The molecule has 1 heterocycles. The van der Waals surface area contributed by atoms with Crippen molar-refractivity contribution >= 4 is 11.3 Å². The maximum atomic E-state index is 4.36. The minimum Gasteiger partial charge on any atom is -0.308 e. The minimum atomic E-state index is 0.910. The Labute approximate surface area is 113 Å². The van der Waals surface area contributed by atoms with Gasteiger partial charge in [0.25, 0.3) is 0 Å². The van der Waals surface area contributed by atoms with E-state index in [4.69, 9.17) is 0 Å². The first-order valence-corrected chi connectivity index (χ1v) is 7.35. The number of hydrogen-bond acceptors (Lipinski definition) is 3. The van der Waals surface area contributed by atoms with Gasteiger partial charge in [0.15, 0.2) is 0 Å². The van der Waals surface area contributed by atoms with Crippen molar-refractivity contribution in [1.29, 1.82) is 0 Å². The number of benzene rings is 1. The molecular weight excluding hydrogens is 240 g/mol. The van der Waals surface area contributed by atoms with E-state index in [0.29, 0.717) is 0 Å². The van der Waals surface area contributed by atoms with E-state index in [1.54, 1.807) is 11.3 Å². The maximum absolute atomic E-state index is 4.36. The average Bonchev–Trinajstić information content (AvgIpc) is 2.87. The zero-order valence-electron chi connectivity index (χ0n) is 11.1. The number of rotatable bonds is 6. The molecule has 3 heteroatoms. The third-order valence-electron chi connectivity index (χ3n) is 2.96. The highest BCUT2D eigenvalue weighted by atomic mass is 32.1. The van der Waals surface area contributed by atoms with Crippen LogP contribution in [0.3, 0.4) is 0 Å². The van der Waals surface area contributed by atoms with Gasteiger partial charge >= 0.3 is 0 Å². The molecule has 0 spiro atoms. The van der Waals surface area contributed by atoms with Gasteiger partial charge in [0.1, 0.15) is 0 Å².